The molecule has 3 heteroatoms. The lowest BCUT2D eigenvalue weighted by Gasteiger charge is -2.18. The fourth-order valence-electron chi connectivity index (χ4n) is 2.14. The van der Waals surface area contributed by atoms with Gasteiger partial charge < -0.3 is 10.1 Å². The van der Waals surface area contributed by atoms with Crippen LogP contribution in [0.4, 0.5) is 0 Å². The molecule has 0 aliphatic rings. The first kappa shape index (κ1) is 14.1. The summed E-state index contributed by atoms with van der Waals surface area (Å²) in [5.41, 5.74) is 3.66. The third kappa shape index (κ3) is 3.17. The van der Waals surface area contributed by atoms with Crippen molar-refractivity contribution < 1.29 is 4.74 Å². The molecule has 0 aliphatic carbocycles. The third-order valence-electron chi connectivity index (χ3n) is 3.25. The molecule has 0 aliphatic heterocycles. The Morgan fingerprint density at radius 3 is 2.47 bits per heavy atom. The summed E-state index contributed by atoms with van der Waals surface area (Å²) in [6.07, 6.45) is 0. The monoisotopic (exact) mass is 319 g/mol. The summed E-state index contributed by atoms with van der Waals surface area (Å²) < 4.78 is 6.42. The molecule has 1 unspecified atom stereocenters. The zero-order valence-corrected chi connectivity index (χ0v) is 13.0. The van der Waals surface area contributed by atoms with E-state index < -0.39 is 0 Å². The van der Waals surface area contributed by atoms with E-state index in [1.54, 1.807) is 7.11 Å². The molecule has 0 fully saturated rings. The summed E-state index contributed by atoms with van der Waals surface area (Å²) in [5, 5.41) is 3.36. The van der Waals surface area contributed by atoms with E-state index >= 15 is 0 Å². The van der Waals surface area contributed by atoms with E-state index in [0.717, 1.165) is 10.2 Å². The van der Waals surface area contributed by atoms with Crippen molar-refractivity contribution >= 4 is 15.9 Å². The molecule has 0 bridgehead atoms. The third-order valence-corrected chi connectivity index (χ3v) is 4.10. The highest BCUT2D eigenvalue weighted by molar-refractivity contribution is 9.10. The molecular weight excluding hydrogens is 302 g/mol. The van der Waals surface area contributed by atoms with Gasteiger partial charge in [0.2, 0.25) is 0 Å². The predicted molar refractivity (Wildman–Crippen MR) is 82.8 cm³/mol. The van der Waals surface area contributed by atoms with Gasteiger partial charge in [-0.1, -0.05) is 40.2 Å². The van der Waals surface area contributed by atoms with Gasteiger partial charge in [-0.25, -0.2) is 0 Å². The maximum Gasteiger partial charge on any atom is 0.119 e. The molecule has 1 atom stereocenters. The number of hydrogen-bond acceptors (Lipinski definition) is 2. The van der Waals surface area contributed by atoms with Gasteiger partial charge in [0, 0.05) is 4.47 Å². The fourth-order valence-corrected chi connectivity index (χ4v) is 2.53. The topological polar surface area (TPSA) is 21.3 Å². The van der Waals surface area contributed by atoms with Crippen LogP contribution in [0.5, 0.6) is 5.75 Å². The second-order valence-corrected chi connectivity index (χ2v) is 5.36. The maximum atomic E-state index is 5.29. The van der Waals surface area contributed by atoms with E-state index in [-0.39, 0.29) is 6.04 Å². The molecule has 0 saturated heterocycles. The van der Waals surface area contributed by atoms with Crippen LogP contribution in [0.1, 0.15) is 22.7 Å². The van der Waals surface area contributed by atoms with Crippen molar-refractivity contribution in [1.82, 2.24) is 5.32 Å². The van der Waals surface area contributed by atoms with Crippen LogP contribution in [0.2, 0.25) is 0 Å². The van der Waals surface area contributed by atoms with E-state index in [0.29, 0.717) is 0 Å². The lowest BCUT2D eigenvalue weighted by atomic mass is 9.98. The summed E-state index contributed by atoms with van der Waals surface area (Å²) in [7, 11) is 3.66. The normalized spacial score (nSPS) is 12.2. The smallest absolute Gasteiger partial charge is 0.119 e. The minimum absolute atomic E-state index is 0.159. The van der Waals surface area contributed by atoms with Gasteiger partial charge in [-0.2, -0.15) is 0 Å². The molecule has 2 rings (SSSR count). The molecule has 0 saturated carbocycles. The molecule has 0 heterocycles. The zero-order valence-electron chi connectivity index (χ0n) is 11.4. The highest BCUT2D eigenvalue weighted by Crippen LogP contribution is 2.28. The minimum Gasteiger partial charge on any atom is -0.497 e. The lowest BCUT2D eigenvalue weighted by Crippen LogP contribution is -2.17. The predicted octanol–water partition coefficient (Wildman–Crippen LogP) is 4.07. The van der Waals surface area contributed by atoms with Gasteiger partial charge in [0.05, 0.1) is 13.2 Å². The number of ether oxygens (including phenoxy) is 1. The van der Waals surface area contributed by atoms with Gasteiger partial charge in [-0.15, -0.1) is 0 Å². The minimum atomic E-state index is 0.159. The molecule has 19 heavy (non-hydrogen) atoms. The average Bonchev–Trinajstić information content (AvgIpc) is 2.44. The zero-order chi connectivity index (χ0) is 13.8. The Kier molecular flexibility index (Phi) is 4.61. The van der Waals surface area contributed by atoms with Gasteiger partial charge >= 0.3 is 0 Å². The van der Waals surface area contributed by atoms with Crippen LogP contribution in [0.15, 0.2) is 46.9 Å². The second-order valence-electron chi connectivity index (χ2n) is 4.51. The van der Waals surface area contributed by atoms with Gasteiger partial charge in [0.25, 0.3) is 0 Å². The molecule has 0 spiro atoms. The van der Waals surface area contributed by atoms with Gasteiger partial charge in [-0.3, -0.25) is 0 Å². The van der Waals surface area contributed by atoms with E-state index in [4.69, 9.17) is 4.74 Å². The number of aryl methyl sites for hydroxylation is 1. The summed E-state index contributed by atoms with van der Waals surface area (Å²) in [6.45, 7) is 2.09. The second kappa shape index (κ2) is 6.22. The van der Waals surface area contributed by atoms with Crippen molar-refractivity contribution in [3.05, 3.63) is 63.6 Å². The average molecular weight is 320 g/mol. The van der Waals surface area contributed by atoms with Crippen molar-refractivity contribution in [1.29, 1.82) is 0 Å². The number of methoxy groups -OCH3 is 1. The van der Waals surface area contributed by atoms with Crippen LogP contribution in [-0.2, 0) is 0 Å². The van der Waals surface area contributed by atoms with E-state index in [9.17, 15) is 0 Å². The Hall–Kier alpha value is -1.32. The Morgan fingerprint density at radius 1 is 1.11 bits per heavy atom. The van der Waals surface area contributed by atoms with Gasteiger partial charge in [0.1, 0.15) is 5.75 Å². The summed E-state index contributed by atoms with van der Waals surface area (Å²) in [4.78, 5) is 0. The van der Waals surface area contributed by atoms with E-state index in [2.05, 4.69) is 58.5 Å². The largest absolute Gasteiger partial charge is 0.497 e. The molecule has 0 aromatic heterocycles. The first-order valence-corrected chi connectivity index (χ1v) is 7.02. The Bertz CT molecular complexity index is 568. The number of nitrogens with one attached hydrogen (secondary N) is 1. The van der Waals surface area contributed by atoms with Crippen molar-refractivity contribution in [3.8, 4) is 5.75 Å². The Labute approximate surface area is 122 Å². The van der Waals surface area contributed by atoms with E-state index in [1.165, 1.54) is 16.7 Å². The Morgan fingerprint density at radius 2 is 1.84 bits per heavy atom. The lowest BCUT2D eigenvalue weighted by molar-refractivity contribution is 0.414. The van der Waals surface area contributed by atoms with Crippen LogP contribution in [0.25, 0.3) is 0 Å². The first-order valence-electron chi connectivity index (χ1n) is 6.23. The summed E-state index contributed by atoms with van der Waals surface area (Å²) >= 11 is 3.59. The van der Waals surface area contributed by atoms with Crippen LogP contribution >= 0.6 is 15.9 Å². The molecule has 100 valence electrons. The quantitative estimate of drug-likeness (QED) is 0.917. The molecule has 2 nitrogen and oxygen atoms in total. The Balaban J connectivity index is 2.40. The van der Waals surface area contributed by atoms with Crippen LogP contribution in [0.3, 0.4) is 0 Å². The molecule has 1 N–H and O–H groups in total. The SMILES string of the molecule is CNC(c1cccc(OC)c1)c1ccc(C)c(Br)c1. The van der Waals surface area contributed by atoms with Crippen LogP contribution in [-0.4, -0.2) is 14.2 Å². The highest BCUT2D eigenvalue weighted by atomic mass is 79.9. The fraction of sp³-hybridized carbons (Fsp3) is 0.250. The molecule has 0 radical (unpaired) electrons. The van der Waals surface area contributed by atoms with Crippen molar-refractivity contribution in [2.75, 3.05) is 14.2 Å². The first-order chi connectivity index (χ1) is 9.15. The van der Waals surface area contributed by atoms with Gasteiger partial charge in [0.15, 0.2) is 0 Å². The standard InChI is InChI=1S/C16H18BrNO/c1-11-7-8-13(10-15(11)17)16(18-2)12-5-4-6-14(9-12)19-3/h4-10,16,18H,1-3H3. The highest BCUT2D eigenvalue weighted by Gasteiger charge is 2.13. The van der Waals surface area contributed by atoms with E-state index in [1.807, 2.05) is 19.2 Å². The number of rotatable bonds is 4. The van der Waals surface area contributed by atoms with Crippen molar-refractivity contribution in [3.63, 3.8) is 0 Å². The molecule has 2 aromatic carbocycles. The van der Waals surface area contributed by atoms with Crippen LogP contribution in [0, 0.1) is 6.92 Å². The van der Waals surface area contributed by atoms with Gasteiger partial charge in [-0.05, 0) is 48.9 Å². The summed E-state index contributed by atoms with van der Waals surface area (Å²) in [6, 6.07) is 14.8. The van der Waals surface area contributed by atoms with Crippen molar-refractivity contribution in [2.24, 2.45) is 0 Å². The summed E-state index contributed by atoms with van der Waals surface area (Å²) in [5.74, 6) is 0.879. The number of hydrogen-bond donors (Lipinski definition) is 1. The van der Waals surface area contributed by atoms with Crippen molar-refractivity contribution in [2.45, 2.75) is 13.0 Å². The number of benzene rings is 2. The molecule has 2 aromatic rings. The molecular formula is C16H18BrNO. The number of halogens is 1. The van der Waals surface area contributed by atoms with Crippen LogP contribution < -0.4 is 10.1 Å². The maximum absolute atomic E-state index is 5.29. The molecule has 0 amide bonds.